The molecule has 0 bridgehead atoms. The maximum Gasteiger partial charge on any atom is 0.161 e. The number of anilines is 1. The number of fused-ring (bicyclic) bond motifs is 1. The lowest BCUT2D eigenvalue weighted by Gasteiger charge is -2.37. The average Bonchev–Trinajstić information content (AvgIpc) is 3.21. The van der Waals surface area contributed by atoms with Gasteiger partial charge in [0.15, 0.2) is 11.6 Å². The van der Waals surface area contributed by atoms with Crippen LogP contribution in [0.1, 0.15) is 6.42 Å². The second kappa shape index (κ2) is 8.28. The highest BCUT2D eigenvalue weighted by Gasteiger charge is 2.44. The van der Waals surface area contributed by atoms with E-state index < -0.39 is 11.6 Å². The first-order valence-corrected chi connectivity index (χ1v) is 11.7. The maximum absolute atomic E-state index is 14.1. The zero-order valence-electron chi connectivity index (χ0n) is 17.5. The molecular weight excluding hydrogens is 416 g/mol. The molecule has 2 aliphatic heterocycles. The molecule has 0 unspecified atom stereocenters. The van der Waals surface area contributed by atoms with E-state index in [1.165, 1.54) is 23.6 Å². The van der Waals surface area contributed by atoms with Gasteiger partial charge in [-0.05, 0) is 49.9 Å². The summed E-state index contributed by atoms with van der Waals surface area (Å²) in [7, 11) is 1.89. The lowest BCUT2D eigenvalue weighted by molar-refractivity contribution is 0.318. The normalized spacial score (nSPS) is 17.3. The predicted molar refractivity (Wildman–Crippen MR) is 123 cm³/mol. The highest BCUT2D eigenvalue weighted by molar-refractivity contribution is 8.00. The first-order chi connectivity index (χ1) is 15.1. The van der Waals surface area contributed by atoms with Crippen LogP contribution < -0.4 is 15.0 Å². The predicted octanol–water partition coefficient (Wildman–Crippen LogP) is 4.72. The van der Waals surface area contributed by atoms with Crippen molar-refractivity contribution in [2.24, 2.45) is 5.41 Å². The third kappa shape index (κ3) is 3.96. The summed E-state index contributed by atoms with van der Waals surface area (Å²) < 4.78 is 33.8. The third-order valence-corrected chi connectivity index (χ3v) is 7.83. The summed E-state index contributed by atoms with van der Waals surface area (Å²) in [5.41, 5.74) is 3.44. The Kier molecular flexibility index (Phi) is 5.48. The summed E-state index contributed by atoms with van der Waals surface area (Å²) in [4.78, 5) is 6.99. The summed E-state index contributed by atoms with van der Waals surface area (Å²) in [6.45, 7) is 3.25. The molecule has 2 aromatic carbocycles. The van der Waals surface area contributed by atoms with E-state index in [4.69, 9.17) is 4.74 Å². The molecule has 5 rings (SSSR count). The number of pyridine rings is 1. The number of ether oxygens (including phenoxy) is 1. The molecule has 4 nitrogen and oxygen atoms in total. The number of hydrogen-bond acceptors (Lipinski definition) is 5. The van der Waals surface area contributed by atoms with Gasteiger partial charge < -0.3 is 15.0 Å². The summed E-state index contributed by atoms with van der Waals surface area (Å²) >= 11 is 1.98. The molecule has 0 atom stereocenters. The SMILES string of the molecule is CNCCOc1ccc(-c2cc(N3CCC4(CSC4)C3)c3cc(F)c(F)cc3n2)cc1. The maximum atomic E-state index is 14.1. The van der Waals surface area contributed by atoms with Crippen LogP contribution in [-0.2, 0) is 0 Å². The summed E-state index contributed by atoms with van der Waals surface area (Å²) in [6, 6.07) is 12.3. The van der Waals surface area contributed by atoms with Gasteiger partial charge in [0.05, 0.1) is 11.2 Å². The van der Waals surface area contributed by atoms with E-state index in [1.54, 1.807) is 0 Å². The van der Waals surface area contributed by atoms with Gasteiger partial charge in [0.2, 0.25) is 0 Å². The molecule has 162 valence electrons. The van der Waals surface area contributed by atoms with E-state index in [-0.39, 0.29) is 0 Å². The molecule has 3 heterocycles. The number of nitrogens with one attached hydrogen (secondary N) is 1. The van der Waals surface area contributed by atoms with Crippen molar-refractivity contribution in [3.05, 3.63) is 54.1 Å². The van der Waals surface area contributed by atoms with Crippen LogP contribution in [0, 0.1) is 17.0 Å². The Labute approximate surface area is 185 Å². The summed E-state index contributed by atoms with van der Waals surface area (Å²) in [6.07, 6.45) is 1.14. The average molecular weight is 442 g/mol. The number of halogens is 2. The first kappa shape index (κ1) is 20.5. The highest BCUT2D eigenvalue weighted by Crippen LogP contribution is 2.47. The molecular formula is C24H25F2N3OS. The molecule has 3 aromatic rings. The molecule has 0 radical (unpaired) electrons. The quantitative estimate of drug-likeness (QED) is 0.560. The number of likely N-dealkylation sites (N-methyl/N-ethyl adjacent to an activating group) is 1. The first-order valence-electron chi connectivity index (χ1n) is 10.6. The molecule has 2 aliphatic rings. The highest BCUT2D eigenvalue weighted by atomic mass is 32.2. The van der Waals surface area contributed by atoms with Crippen molar-refractivity contribution in [1.29, 1.82) is 0 Å². The monoisotopic (exact) mass is 441 g/mol. The lowest BCUT2D eigenvalue weighted by Crippen LogP contribution is -2.38. The van der Waals surface area contributed by atoms with Crippen molar-refractivity contribution >= 4 is 28.4 Å². The zero-order chi connectivity index (χ0) is 21.4. The Bertz CT molecular complexity index is 1100. The van der Waals surface area contributed by atoms with E-state index >= 15 is 0 Å². The fraction of sp³-hybridized carbons (Fsp3) is 0.375. The standard InChI is InChI=1S/C24H25F2N3OS/c1-27-7-9-30-17-4-2-16(3-5-17)21-12-23(29-8-6-24(13-29)14-31-15-24)18-10-19(25)20(26)11-22(18)28-21/h2-5,10-12,27H,6-9,13-15H2,1H3. The minimum Gasteiger partial charge on any atom is -0.492 e. The minimum atomic E-state index is -0.871. The van der Waals surface area contributed by atoms with Gasteiger partial charge >= 0.3 is 0 Å². The van der Waals surface area contributed by atoms with E-state index in [1.807, 2.05) is 49.1 Å². The number of aromatic nitrogens is 1. The number of rotatable bonds is 6. The molecule has 0 saturated carbocycles. The van der Waals surface area contributed by atoms with Gasteiger partial charge in [-0.3, -0.25) is 0 Å². The van der Waals surface area contributed by atoms with Crippen molar-refractivity contribution in [2.45, 2.75) is 6.42 Å². The molecule has 1 N–H and O–H groups in total. The number of nitrogens with zero attached hydrogens (tertiary/aromatic N) is 2. The van der Waals surface area contributed by atoms with Gasteiger partial charge in [-0.2, -0.15) is 11.8 Å². The molecule has 2 saturated heterocycles. The van der Waals surface area contributed by atoms with Gasteiger partial charge in [-0.25, -0.2) is 13.8 Å². The van der Waals surface area contributed by atoms with Crippen LogP contribution in [-0.4, -0.2) is 49.8 Å². The van der Waals surface area contributed by atoms with Gasteiger partial charge in [-0.1, -0.05) is 0 Å². The molecule has 2 fully saturated rings. The van der Waals surface area contributed by atoms with Crippen LogP contribution in [0.15, 0.2) is 42.5 Å². The van der Waals surface area contributed by atoms with E-state index in [0.29, 0.717) is 22.9 Å². The second-order valence-corrected chi connectivity index (χ2v) is 9.44. The molecule has 0 amide bonds. The van der Waals surface area contributed by atoms with Gasteiger partial charge in [-0.15, -0.1) is 0 Å². The fourth-order valence-corrected chi connectivity index (χ4v) is 5.63. The van der Waals surface area contributed by atoms with Crippen molar-refractivity contribution in [3.8, 4) is 17.0 Å². The number of thioether (sulfide) groups is 1. The Morgan fingerprint density at radius 2 is 1.90 bits per heavy atom. The van der Waals surface area contributed by atoms with Crippen molar-refractivity contribution < 1.29 is 13.5 Å². The summed E-state index contributed by atoms with van der Waals surface area (Å²) in [5.74, 6) is 1.44. The molecule has 1 spiro atoms. The topological polar surface area (TPSA) is 37.4 Å². The van der Waals surface area contributed by atoms with Crippen molar-refractivity contribution in [2.75, 3.05) is 49.7 Å². The Hall–Kier alpha value is -2.38. The van der Waals surface area contributed by atoms with Crippen LogP contribution in [0.3, 0.4) is 0 Å². The Morgan fingerprint density at radius 3 is 2.58 bits per heavy atom. The molecule has 1 aromatic heterocycles. The smallest absolute Gasteiger partial charge is 0.161 e. The fourth-order valence-electron chi connectivity index (χ4n) is 4.37. The van der Waals surface area contributed by atoms with Crippen LogP contribution in [0.5, 0.6) is 5.75 Å². The van der Waals surface area contributed by atoms with E-state index in [2.05, 4.69) is 15.2 Å². The second-order valence-electron chi connectivity index (χ2n) is 8.45. The van der Waals surface area contributed by atoms with E-state index in [9.17, 15) is 8.78 Å². The largest absolute Gasteiger partial charge is 0.492 e. The molecule has 0 aliphatic carbocycles. The molecule has 31 heavy (non-hydrogen) atoms. The van der Waals surface area contributed by atoms with Crippen LogP contribution in [0.4, 0.5) is 14.5 Å². The van der Waals surface area contributed by atoms with Crippen LogP contribution in [0.25, 0.3) is 22.2 Å². The molecule has 7 heteroatoms. The zero-order valence-corrected chi connectivity index (χ0v) is 18.3. The third-order valence-electron chi connectivity index (χ3n) is 6.20. The van der Waals surface area contributed by atoms with Gasteiger partial charge in [0, 0.05) is 59.3 Å². The van der Waals surface area contributed by atoms with Crippen LogP contribution >= 0.6 is 11.8 Å². The van der Waals surface area contributed by atoms with Gasteiger partial charge in [0.25, 0.3) is 0 Å². The van der Waals surface area contributed by atoms with E-state index in [0.717, 1.165) is 48.7 Å². The Morgan fingerprint density at radius 1 is 1.13 bits per heavy atom. The summed E-state index contributed by atoms with van der Waals surface area (Å²) in [5, 5.41) is 3.71. The van der Waals surface area contributed by atoms with Crippen LogP contribution in [0.2, 0.25) is 0 Å². The van der Waals surface area contributed by atoms with Crippen molar-refractivity contribution in [3.63, 3.8) is 0 Å². The number of benzene rings is 2. The van der Waals surface area contributed by atoms with Crippen molar-refractivity contribution in [1.82, 2.24) is 10.3 Å². The van der Waals surface area contributed by atoms with Gasteiger partial charge in [0.1, 0.15) is 12.4 Å². The lowest BCUT2D eigenvalue weighted by atomic mass is 9.91. The number of hydrogen-bond donors (Lipinski definition) is 1. The minimum absolute atomic E-state index is 0.366. The Balaban J connectivity index is 1.52.